The summed E-state index contributed by atoms with van der Waals surface area (Å²) in [6.45, 7) is 6.40. The van der Waals surface area contributed by atoms with Crippen molar-refractivity contribution in [1.29, 1.82) is 0 Å². The van der Waals surface area contributed by atoms with E-state index in [4.69, 9.17) is 0 Å². The van der Waals surface area contributed by atoms with Crippen molar-refractivity contribution < 1.29 is 9.50 Å². The maximum Gasteiger partial charge on any atom is 0.123 e. The Morgan fingerprint density at radius 1 is 1.15 bits per heavy atom. The molecule has 0 aliphatic carbocycles. The number of hydrogen-bond acceptors (Lipinski definition) is 4. The SMILES string of the molecule is OC[C@H]1CN(Cc2cn[nH]c2-c2cccc(F)c2)C[C@H]1CN1CCCC1. The van der Waals surface area contributed by atoms with Crippen LogP contribution in [0.5, 0.6) is 0 Å². The quantitative estimate of drug-likeness (QED) is 0.832. The number of H-pyrrole nitrogens is 1. The summed E-state index contributed by atoms with van der Waals surface area (Å²) < 4.78 is 13.6. The van der Waals surface area contributed by atoms with Gasteiger partial charge in [-0.15, -0.1) is 0 Å². The van der Waals surface area contributed by atoms with Crippen LogP contribution in [0.15, 0.2) is 30.5 Å². The van der Waals surface area contributed by atoms with Crippen LogP contribution in [0.3, 0.4) is 0 Å². The maximum atomic E-state index is 13.6. The van der Waals surface area contributed by atoms with Crippen molar-refractivity contribution in [3.63, 3.8) is 0 Å². The van der Waals surface area contributed by atoms with E-state index in [2.05, 4.69) is 20.0 Å². The highest BCUT2D eigenvalue weighted by atomic mass is 19.1. The highest BCUT2D eigenvalue weighted by Crippen LogP contribution is 2.29. The summed E-state index contributed by atoms with van der Waals surface area (Å²) in [6, 6.07) is 6.61. The molecule has 0 saturated carbocycles. The van der Waals surface area contributed by atoms with Crippen LogP contribution in [0.2, 0.25) is 0 Å². The highest BCUT2D eigenvalue weighted by Gasteiger charge is 2.34. The Morgan fingerprint density at radius 2 is 1.96 bits per heavy atom. The van der Waals surface area contributed by atoms with Gasteiger partial charge in [-0.3, -0.25) is 10.00 Å². The zero-order valence-corrected chi connectivity index (χ0v) is 15.1. The van der Waals surface area contributed by atoms with Crippen LogP contribution in [0.25, 0.3) is 11.3 Å². The summed E-state index contributed by atoms with van der Waals surface area (Å²) in [7, 11) is 0. The molecule has 2 atom stereocenters. The second kappa shape index (κ2) is 7.86. The Bertz CT molecular complexity index is 728. The van der Waals surface area contributed by atoms with Gasteiger partial charge in [-0.1, -0.05) is 12.1 Å². The van der Waals surface area contributed by atoms with E-state index in [1.165, 1.54) is 38.1 Å². The third-order valence-corrected chi connectivity index (χ3v) is 5.80. The van der Waals surface area contributed by atoms with Crippen LogP contribution in [0, 0.1) is 17.7 Å². The lowest BCUT2D eigenvalue weighted by molar-refractivity contribution is 0.175. The minimum absolute atomic E-state index is 0.241. The first-order valence-electron chi connectivity index (χ1n) is 9.56. The topological polar surface area (TPSA) is 55.4 Å². The molecule has 140 valence electrons. The number of aromatic amines is 1. The summed E-state index contributed by atoms with van der Waals surface area (Å²) >= 11 is 0. The first kappa shape index (κ1) is 17.6. The van der Waals surface area contributed by atoms with E-state index in [0.717, 1.165) is 43.0 Å². The van der Waals surface area contributed by atoms with Crippen molar-refractivity contribution in [3.05, 3.63) is 41.8 Å². The minimum atomic E-state index is -0.241. The van der Waals surface area contributed by atoms with E-state index >= 15 is 0 Å². The van der Waals surface area contributed by atoms with E-state index in [1.807, 2.05) is 12.3 Å². The van der Waals surface area contributed by atoms with Gasteiger partial charge in [0.05, 0.1) is 11.9 Å². The lowest BCUT2D eigenvalue weighted by Gasteiger charge is -2.23. The molecule has 2 fully saturated rings. The fraction of sp³-hybridized carbons (Fsp3) is 0.550. The molecule has 2 saturated heterocycles. The molecular weight excluding hydrogens is 331 g/mol. The van der Waals surface area contributed by atoms with Gasteiger partial charge in [0.25, 0.3) is 0 Å². The van der Waals surface area contributed by atoms with Gasteiger partial charge in [0, 0.05) is 43.9 Å². The van der Waals surface area contributed by atoms with E-state index in [1.54, 1.807) is 6.07 Å². The molecule has 1 aromatic carbocycles. The van der Waals surface area contributed by atoms with Gasteiger partial charge in [0.2, 0.25) is 0 Å². The second-order valence-corrected chi connectivity index (χ2v) is 7.69. The summed E-state index contributed by atoms with van der Waals surface area (Å²) in [5.74, 6) is 0.609. The Morgan fingerprint density at radius 3 is 2.73 bits per heavy atom. The summed E-state index contributed by atoms with van der Waals surface area (Å²) in [5.41, 5.74) is 2.78. The number of aliphatic hydroxyl groups is 1. The molecule has 0 amide bonds. The normalized spacial score (nSPS) is 24.5. The second-order valence-electron chi connectivity index (χ2n) is 7.69. The van der Waals surface area contributed by atoms with Crippen LogP contribution in [0.4, 0.5) is 4.39 Å². The largest absolute Gasteiger partial charge is 0.396 e. The highest BCUT2D eigenvalue weighted by molar-refractivity contribution is 5.62. The number of nitrogens with one attached hydrogen (secondary N) is 1. The third-order valence-electron chi connectivity index (χ3n) is 5.80. The smallest absolute Gasteiger partial charge is 0.123 e. The molecule has 5 nitrogen and oxygen atoms in total. The van der Waals surface area contributed by atoms with E-state index in [9.17, 15) is 9.50 Å². The zero-order valence-electron chi connectivity index (χ0n) is 15.1. The number of aromatic nitrogens is 2. The average Bonchev–Trinajstić information content (AvgIpc) is 3.37. The number of nitrogens with zero attached hydrogens (tertiary/aromatic N) is 3. The van der Waals surface area contributed by atoms with Gasteiger partial charge in [0.1, 0.15) is 5.82 Å². The third kappa shape index (κ3) is 3.82. The molecule has 6 heteroatoms. The van der Waals surface area contributed by atoms with E-state index < -0.39 is 0 Å². The first-order chi connectivity index (χ1) is 12.7. The molecule has 26 heavy (non-hydrogen) atoms. The number of rotatable bonds is 6. The van der Waals surface area contributed by atoms with Gasteiger partial charge in [-0.25, -0.2) is 4.39 Å². The van der Waals surface area contributed by atoms with Gasteiger partial charge < -0.3 is 10.0 Å². The van der Waals surface area contributed by atoms with Gasteiger partial charge in [0.15, 0.2) is 0 Å². The van der Waals surface area contributed by atoms with Crippen molar-refractivity contribution in [2.45, 2.75) is 19.4 Å². The number of hydrogen-bond donors (Lipinski definition) is 2. The predicted molar refractivity (Wildman–Crippen MR) is 99.0 cm³/mol. The number of halogens is 1. The Hall–Kier alpha value is -1.76. The van der Waals surface area contributed by atoms with Crippen LogP contribution in [0.1, 0.15) is 18.4 Å². The van der Waals surface area contributed by atoms with Crippen molar-refractivity contribution in [2.75, 3.05) is 39.3 Å². The molecule has 0 spiro atoms. The molecule has 0 bridgehead atoms. The van der Waals surface area contributed by atoms with Crippen molar-refractivity contribution in [1.82, 2.24) is 20.0 Å². The molecule has 0 unspecified atom stereocenters. The number of likely N-dealkylation sites (tertiary alicyclic amines) is 2. The fourth-order valence-electron chi connectivity index (χ4n) is 4.44. The maximum absolute atomic E-state index is 13.6. The average molecular weight is 358 g/mol. The van der Waals surface area contributed by atoms with E-state index in [0.29, 0.717) is 11.8 Å². The molecule has 0 radical (unpaired) electrons. The van der Waals surface area contributed by atoms with Crippen molar-refractivity contribution in [3.8, 4) is 11.3 Å². The Labute approximate surface area is 153 Å². The molecular formula is C20H27FN4O. The number of aliphatic hydroxyl groups excluding tert-OH is 1. The monoisotopic (exact) mass is 358 g/mol. The van der Waals surface area contributed by atoms with Crippen molar-refractivity contribution in [2.24, 2.45) is 11.8 Å². The fourth-order valence-corrected chi connectivity index (χ4v) is 4.44. The van der Waals surface area contributed by atoms with Crippen molar-refractivity contribution >= 4 is 0 Å². The molecule has 2 aliphatic heterocycles. The number of benzene rings is 1. The predicted octanol–water partition coefficient (Wildman–Crippen LogP) is 2.35. The van der Waals surface area contributed by atoms with Gasteiger partial charge in [-0.05, 0) is 49.9 Å². The lowest BCUT2D eigenvalue weighted by atomic mass is 9.96. The standard InChI is InChI=1S/C20H27FN4O/c21-19-5-3-4-15(8-19)20-16(9-22-23-20)10-25-12-17(18(13-25)14-26)11-24-6-1-2-7-24/h3-5,8-9,17-18,26H,1-2,6-7,10-14H2,(H,22,23)/t17-,18-/m1/s1. The van der Waals surface area contributed by atoms with Crippen LogP contribution < -0.4 is 0 Å². The minimum Gasteiger partial charge on any atom is -0.396 e. The Kier molecular flexibility index (Phi) is 5.33. The summed E-state index contributed by atoms with van der Waals surface area (Å²) in [6.07, 6.45) is 4.43. The zero-order chi connectivity index (χ0) is 17.9. The van der Waals surface area contributed by atoms with Gasteiger partial charge in [-0.2, -0.15) is 5.10 Å². The first-order valence-corrected chi connectivity index (χ1v) is 9.56. The lowest BCUT2D eigenvalue weighted by Crippen LogP contribution is -2.31. The van der Waals surface area contributed by atoms with Crippen LogP contribution in [-0.4, -0.2) is 64.4 Å². The van der Waals surface area contributed by atoms with Crippen LogP contribution in [-0.2, 0) is 6.54 Å². The summed E-state index contributed by atoms with van der Waals surface area (Å²) in [5, 5.41) is 17.0. The molecule has 2 aromatic rings. The molecule has 2 N–H and O–H groups in total. The molecule has 3 heterocycles. The van der Waals surface area contributed by atoms with Gasteiger partial charge >= 0.3 is 0 Å². The molecule has 1 aromatic heterocycles. The molecule has 2 aliphatic rings. The Balaban J connectivity index is 1.44. The van der Waals surface area contributed by atoms with Crippen LogP contribution >= 0.6 is 0 Å². The molecule has 4 rings (SSSR count). The summed E-state index contributed by atoms with van der Waals surface area (Å²) in [4.78, 5) is 4.93. The van der Waals surface area contributed by atoms with E-state index in [-0.39, 0.29) is 12.4 Å².